The molecule has 1 nitrogen and oxygen atoms in total. The maximum atomic E-state index is 6.67. The van der Waals surface area contributed by atoms with Crippen LogP contribution >= 0.6 is 39.1 Å². The van der Waals surface area contributed by atoms with Gasteiger partial charge in [-0.2, -0.15) is 0 Å². The molecule has 1 N–H and O–H groups in total. The molecule has 0 aliphatic rings. The van der Waals surface area contributed by atoms with Gasteiger partial charge in [0.25, 0.3) is 0 Å². The number of hydrogen-bond donors (Lipinski definition) is 1. The van der Waals surface area contributed by atoms with Crippen LogP contribution in [0.4, 0.5) is 0 Å². The summed E-state index contributed by atoms with van der Waals surface area (Å²) in [5.41, 5.74) is 6.98. The molecule has 0 spiro atoms. The summed E-state index contributed by atoms with van der Waals surface area (Å²) in [6.07, 6.45) is 0. The highest BCUT2D eigenvalue weighted by Crippen LogP contribution is 2.42. The fourth-order valence-corrected chi connectivity index (χ4v) is 4.67. The maximum absolute atomic E-state index is 6.67. The van der Waals surface area contributed by atoms with Crippen molar-refractivity contribution >= 4 is 60.9 Å². The second kappa shape index (κ2) is 7.29. The van der Waals surface area contributed by atoms with E-state index in [4.69, 9.17) is 23.2 Å². The fraction of sp³-hybridized carbons (Fsp3) is 0.308. The van der Waals surface area contributed by atoms with Gasteiger partial charge in [0.2, 0.25) is 0 Å². The standard InChI is InChI=1S/C26H26BrCl2N/c1-25(2,3)14-7-8-23-17(9-14)19-11-15(26(4,5)6)10-18(24(19)30-23)16-12-20(27)22(29)13-21(16)28/h7-13,30H,1-6H3. The molecule has 0 unspecified atom stereocenters. The predicted molar refractivity (Wildman–Crippen MR) is 136 cm³/mol. The molecule has 0 aliphatic carbocycles. The SMILES string of the molecule is CC(C)(C)c1ccc2[nH]c3c(-c4cc(Br)c(Cl)cc4Cl)cc(C(C)(C)C)cc3c2c1. The van der Waals surface area contributed by atoms with Crippen molar-refractivity contribution in [2.24, 2.45) is 0 Å². The summed E-state index contributed by atoms with van der Waals surface area (Å²) >= 11 is 16.5. The van der Waals surface area contributed by atoms with E-state index in [1.807, 2.05) is 6.07 Å². The topological polar surface area (TPSA) is 15.8 Å². The third-order valence-corrected chi connectivity index (χ3v) is 7.25. The van der Waals surface area contributed by atoms with Gasteiger partial charge >= 0.3 is 0 Å². The van der Waals surface area contributed by atoms with E-state index < -0.39 is 0 Å². The lowest BCUT2D eigenvalue weighted by molar-refractivity contribution is 0.590. The van der Waals surface area contributed by atoms with E-state index in [1.54, 1.807) is 6.07 Å². The van der Waals surface area contributed by atoms with E-state index in [1.165, 1.54) is 21.9 Å². The molecule has 3 aromatic carbocycles. The molecule has 0 amide bonds. The summed E-state index contributed by atoms with van der Waals surface area (Å²) in [5, 5.41) is 3.72. The van der Waals surface area contributed by atoms with E-state index in [9.17, 15) is 0 Å². The molecule has 4 heteroatoms. The van der Waals surface area contributed by atoms with Crippen LogP contribution in [0.2, 0.25) is 10.0 Å². The van der Waals surface area contributed by atoms with Crippen LogP contribution in [0.15, 0.2) is 46.9 Å². The Kier molecular flexibility index (Phi) is 5.28. The quantitative estimate of drug-likeness (QED) is 0.249. The fourth-order valence-electron chi connectivity index (χ4n) is 3.84. The summed E-state index contributed by atoms with van der Waals surface area (Å²) in [5.74, 6) is 0. The first-order chi connectivity index (χ1) is 13.9. The second-order valence-corrected chi connectivity index (χ2v) is 11.7. The highest BCUT2D eigenvalue weighted by atomic mass is 79.9. The Hall–Kier alpha value is -1.48. The molecule has 4 rings (SSSR count). The van der Waals surface area contributed by atoms with E-state index in [-0.39, 0.29) is 10.8 Å². The van der Waals surface area contributed by atoms with Gasteiger partial charge in [-0.25, -0.2) is 0 Å². The Bertz CT molecular complexity index is 1290. The van der Waals surface area contributed by atoms with Crippen molar-refractivity contribution in [2.45, 2.75) is 52.4 Å². The Morgan fingerprint density at radius 2 is 1.33 bits per heavy atom. The van der Waals surface area contributed by atoms with Gasteiger partial charge in [-0.05, 0) is 74.3 Å². The lowest BCUT2D eigenvalue weighted by atomic mass is 9.83. The van der Waals surface area contributed by atoms with Gasteiger partial charge in [0.1, 0.15) is 0 Å². The molecule has 1 heterocycles. The molecule has 30 heavy (non-hydrogen) atoms. The molecule has 0 saturated carbocycles. The molecule has 1 aromatic heterocycles. The largest absolute Gasteiger partial charge is 0.354 e. The average molecular weight is 503 g/mol. The Balaban J connectivity index is 2.13. The zero-order valence-electron chi connectivity index (χ0n) is 18.2. The van der Waals surface area contributed by atoms with Gasteiger partial charge < -0.3 is 4.98 Å². The van der Waals surface area contributed by atoms with E-state index in [2.05, 4.69) is 92.8 Å². The number of aromatic nitrogens is 1. The molecule has 4 aromatic rings. The van der Waals surface area contributed by atoms with Crippen molar-refractivity contribution < 1.29 is 0 Å². The average Bonchev–Trinajstić information content (AvgIpc) is 3.00. The van der Waals surface area contributed by atoms with Crippen molar-refractivity contribution in [1.82, 2.24) is 4.98 Å². The molecule has 0 bridgehead atoms. The lowest BCUT2D eigenvalue weighted by Gasteiger charge is -2.21. The van der Waals surface area contributed by atoms with Crippen LogP contribution in [-0.4, -0.2) is 4.98 Å². The number of nitrogens with one attached hydrogen (secondary N) is 1. The third-order valence-electron chi connectivity index (χ3n) is 5.74. The normalized spacial score (nSPS) is 12.8. The minimum absolute atomic E-state index is 0.00427. The summed E-state index contributed by atoms with van der Waals surface area (Å²) in [6.45, 7) is 13.5. The number of hydrogen-bond acceptors (Lipinski definition) is 0. The molecule has 0 radical (unpaired) electrons. The van der Waals surface area contributed by atoms with Crippen LogP contribution in [-0.2, 0) is 10.8 Å². The van der Waals surface area contributed by atoms with Crippen molar-refractivity contribution in [1.29, 1.82) is 0 Å². The van der Waals surface area contributed by atoms with Gasteiger partial charge in [-0.3, -0.25) is 0 Å². The predicted octanol–water partition coefficient (Wildman–Crippen LogP) is 9.65. The number of aromatic amines is 1. The maximum Gasteiger partial charge on any atom is 0.0563 e. The van der Waals surface area contributed by atoms with Crippen LogP contribution < -0.4 is 0 Å². The first-order valence-corrected chi connectivity index (χ1v) is 11.7. The van der Waals surface area contributed by atoms with Crippen LogP contribution in [0.5, 0.6) is 0 Å². The van der Waals surface area contributed by atoms with Crippen LogP contribution in [0.1, 0.15) is 52.7 Å². The number of halogens is 3. The van der Waals surface area contributed by atoms with Crippen LogP contribution in [0.25, 0.3) is 32.9 Å². The van der Waals surface area contributed by atoms with Crippen molar-refractivity contribution in [3.05, 3.63) is 68.1 Å². The van der Waals surface area contributed by atoms with Crippen molar-refractivity contribution in [3.8, 4) is 11.1 Å². The zero-order chi connectivity index (χ0) is 22.0. The van der Waals surface area contributed by atoms with Gasteiger partial charge in [0.15, 0.2) is 0 Å². The Morgan fingerprint density at radius 1 is 0.700 bits per heavy atom. The minimum atomic E-state index is 0.00427. The summed E-state index contributed by atoms with van der Waals surface area (Å²) in [6, 6.07) is 15.1. The van der Waals surface area contributed by atoms with E-state index in [0.29, 0.717) is 10.0 Å². The number of rotatable bonds is 1. The van der Waals surface area contributed by atoms with E-state index in [0.717, 1.165) is 26.6 Å². The molecule has 0 fully saturated rings. The summed E-state index contributed by atoms with van der Waals surface area (Å²) < 4.78 is 0.837. The lowest BCUT2D eigenvalue weighted by Crippen LogP contribution is -2.11. The second-order valence-electron chi connectivity index (χ2n) is 10.1. The molecular formula is C26H26BrCl2N. The third kappa shape index (κ3) is 3.79. The van der Waals surface area contributed by atoms with Gasteiger partial charge in [0.05, 0.1) is 15.6 Å². The monoisotopic (exact) mass is 501 g/mol. The number of H-pyrrole nitrogens is 1. The van der Waals surface area contributed by atoms with Gasteiger partial charge in [-0.15, -0.1) is 0 Å². The number of fused-ring (bicyclic) bond motifs is 3. The molecule has 0 atom stereocenters. The summed E-state index contributed by atoms with van der Waals surface area (Å²) in [7, 11) is 0. The van der Waals surface area contributed by atoms with Crippen molar-refractivity contribution in [3.63, 3.8) is 0 Å². The van der Waals surface area contributed by atoms with E-state index >= 15 is 0 Å². The molecular weight excluding hydrogens is 477 g/mol. The smallest absolute Gasteiger partial charge is 0.0563 e. The molecule has 156 valence electrons. The molecule has 0 aliphatic heterocycles. The highest BCUT2D eigenvalue weighted by molar-refractivity contribution is 9.10. The highest BCUT2D eigenvalue weighted by Gasteiger charge is 2.22. The van der Waals surface area contributed by atoms with Crippen LogP contribution in [0.3, 0.4) is 0 Å². The van der Waals surface area contributed by atoms with Crippen LogP contribution in [0, 0.1) is 0 Å². The van der Waals surface area contributed by atoms with Crippen molar-refractivity contribution in [2.75, 3.05) is 0 Å². The molecule has 0 saturated heterocycles. The van der Waals surface area contributed by atoms with Gasteiger partial charge in [0, 0.05) is 31.9 Å². The first kappa shape index (κ1) is 21.7. The zero-order valence-corrected chi connectivity index (χ0v) is 21.3. The first-order valence-electron chi connectivity index (χ1n) is 10.1. The van der Waals surface area contributed by atoms with Gasteiger partial charge in [-0.1, -0.05) is 70.8 Å². The minimum Gasteiger partial charge on any atom is -0.354 e. The summed E-state index contributed by atoms with van der Waals surface area (Å²) in [4.78, 5) is 3.66. The Morgan fingerprint density at radius 3 is 1.97 bits per heavy atom. The Labute approximate surface area is 196 Å². The number of benzene rings is 3.